The van der Waals surface area contributed by atoms with Crippen molar-refractivity contribution >= 4 is 5.78 Å². The van der Waals surface area contributed by atoms with E-state index in [-0.39, 0.29) is 5.92 Å². The third kappa shape index (κ3) is 1.35. The van der Waals surface area contributed by atoms with Gasteiger partial charge in [0.1, 0.15) is 5.78 Å². The van der Waals surface area contributed by atoms with Crippen LogP contribution in [0.1, 0.15) is 37.7 Å². The fourth-order valence-electron chi connectivity index (χ4n) is 4.81. The molecule has 2 heteroatoms. The average molecular weight is 241 g/mol. The highest BCUT2D eigenvalue weighted by Crippen LogP contribution is 2.70. The fourth-order valence-corrected chi connectivity index (χ4v) is 4.81. The summed E-state index contributed by atoms with van der Waals surface area (Å²) in [6.07, 6.45) is 7.77. The summed E-state index contributed by atoms with van der Waals surface area (Å²) in [6, 6.07) is 3.96. The summed E-state index contributed by atoms with van der Waals surface area (Å²) in [4.78, 5) is 16.6. The minimum absolute atomic E-state index is 0.0583. The van der Waals surface area contributed by atoms with Gasteiger partial charge in [-0.3, -0.25) is 9.78 Å². The number of pyridine rings is 1. The van der Waals surface area contributed by atoms with Crippen LogP contribution in [0.5, 0.6) is 0 Å². The van der Waals surface area contributed by atoms with Gasteiger partial charge >= 0.3 is 0 Å². The van der Waals surface area contributed by atoms with Crippen LogP contribution in [0.4, 0.5) is 0 Å². The first-order chi connectivity index (χ1) is 8.77. The molecule has 3 aliphatic rings. The zero-order valence-electron chi connectivity index (χ0n) is 10.8. The van der Waals surface area contributed by atoms with Gasteiger partial charge in [0, 0.05) is 24.2 Å². The van der Waals surface area contributed by atoms with E-state index < -0.39 is 0 Å². The minimum Gasteiger partial charge on any atom is -0.299 e. The Kier molecular flexibility index (Phi) is 2.18. The molecule has 0 saturated heterocycles. The van der Waals surface area contributed by atoms with Crippen molar-refractivity contribution in [2.45, 2.75) is 32.1 Å². The molecular formula is C16H19NO. The van der Waals surface area contributed by atoms with Crippen molar-refractivity contribution in [3.8, 4) is 0 Å². The largest absolute Gasteiger partial charge is 0.299 e. The highest BCUT2D eigenvalue weighted by Gasteiger charge is 2.67. The number of rotatable bonds is 3. The van der Waals surface area contributed by atoms with Crippen LogP contribution in [0.15, 0.2) is 24.5 Å². The molecule has 2 nitrogen and oxygen atoms in total. The molecule has 2 bridgehead atoms. The lowest BCUT2D eigenvalue weighted by atomic mass is 9.90. The average Bonchev–Trinajstić information content (AvgIpc) is 2.85. The van der Waals surface area contributed by atoms with Gasteiger partial charge in [-0.2, -0.15) is 0 Å². The summed E-state index contributed by atoms with van der Waals surface area (Å²) < 4.78 is 0. The molecule has 0 aliphatic heterocycles. The summed E-state index contributed by atoms with van der Waals surface area (Å²) >= 11 is 0. The van der Waals surface area contributed by atoms with E-state index in [1.54, 1.807) is 12.4 Å². The number of Topliss-reactive ketones (excluding diaryl/α,β-unsaturated/α-hetero) is 1. The Morgan fingerprint density at radius 2 is 1.83 bits per heavy atom. The smallest absolute Gasteiger partial charge is 0.143 e. The topological polar surface area (TPSA) is 30.0 Å². The Morgan fingerprint density at radius 1 is 1.22 bits per heavy atom. The molecule has 0 amide bonds. The molecule has 0 aromatic carbocycles. The number of nitrogens with zero attached hydrogens (tertiary/aromatic N) is 1. The lowest BCUT2D eigenvalue weighted by molar-refractivity contribution is -0.122. The molecule has 4 rings (SSSR count). The molecule has 3 fully saturated rings. The molecule has 1 aromatic heterocycles. The molecule has 1 aromatic rings. The van der Waals surface area contributed by atoms with Crippen LogP contribution in [-0.4, -0.2) is 10.8 Å². The Labute approximate surface area is 108 Å². The molecule has 5 unspecified atom stereocenters. The lowest BCUT2D eigenvalue weighted by Gasteiger charge is -2.13. The third-order valence-corrected chi connectivity index (χ3v) is 5.70. The number of ketones is 1. The third-order valence-electron chi connectivity index (χ3n) is 5.70. The number of aromatic nitrogens is 1. The van der Waals surface area contributed by atoms with Crippen LogP contribution in [0.25, 0.3) is 0 Å². The van der Waals surface area contributed by atoms with Crippen molar-refractivity contribution in [1.29, 1.82) is 0 Å². The predicted octanol–water partition coefficient (Wildman–Crippen LogP) is 3.05. The Hall–Kier alpha value is -1.18. The second kappa shape index (κ2) is 3.66. The first kappa shape index (κ1) is 10.7. The van der Waals surface area contributed by atoms with E-state index in [1.165, 1.54) is 19.3 Å². The van der Waals surface area contributed by atoms with Gasteiger partial charge in [-0.1, -0.05) is 6.92 Å². The second-order valence-electron chi connectivity index (χ2n) is 6.42. The normalized spacial score (nSPS) is 41.5. The number of hydrogen-bond donors (Lipinski definition) is 0. The van der Waals surface area contributed by atoms with Gasteiger partial charge in [0.05, 0.1) is 0 Å². The molecule has 94 valence electrons. The van der Waals surface area contributed by atoms with Gasteiger partial charge in [-0.15, -0.1) is 0 Å². The van der Waals surface area contributed by atoms with Crippen LogP contribution in [0.2, 0.25) is 0 Å². The zero-order valence-corrected chi connectivity index (χ0v) is 10.8. The summed E-state index contributed by atoms with van der Waals surface area (Å²) in [7, 11) is 0. The van der Waals surface area contributed by atoms with Crippen molar-refractivity contribution in [2.24, 2.45) is 29.6 Å². The van der Waals surface area contributed by atoms with Crippen LogP contribution in [0, 0.1) is 29.6 Å². The summed E-state index contributed by atoms with van der Waals surface area (Å²) in [5.41, 5.74) is 1.13. The highest BCUT2D eigenvalue weighted by molar-refractivity contribution is 5.90. The van der Waals surface area contributed by atoms with E-state index in [0.717, 1.165) is 29.2 Å². The van der Waals surface area contributed by atoms with Crippen molar-refractivity contribution < 1.29 is 4.79 Å². The number of carbonyl (C=O) groups excluding carboxylic acids is 1. The van der Waals surface area contributed by atoms with Gasteiger partial charge in [-0.05, 0) is 60.6 Å². The summed E-state index contributed by atoms with van der Waals surface area (Å²) in [5.74, 6) is 4.26. The second-order valence-corrected chi connectivity index (χ2v) is 6.42. The van der Waals surface area contributed by atoms with Crippen LogP contribution < -0.4 is 0 Å². The van der Waals surface area contributed by atoms with Crippen molar-refractivity contribution in [3.63, 3.8) is 0 Å². The zero-order chi connectivity index (χ0) is 12.3. The van der Waals surface area contributed by atoms with E-state index in [0.29, 0.717) is 11.7 Å². The molecule has 3 saturated carbocycles. The maximum Gasteiger partial charge on any atom is 0.143 e. The summed E-state index contributed by atoms with van der Waals surface area (Å²) in [6.45, 7) is 2.06. The molecule has 0 spiro atoms. The quantitative estimate of drug-likeness (QED) is 0.814. The molecular weight excluding hydrogens is 222 g/mol. The molecule has 18 heavy (non-hydrogen) atoms. The molecule has 3 aliphatic carbocycles. The van der Waals surface area contributed by atoms with Crippen molar-refractivity contribution in [1.82, 2.24) is 4.98 Å². The maximum atomic E-state index is 12.6. The number of hydrogen-bond acceptors (Lipinski definition) is 2. The Bertz CT molecular complexity index is 467. The monoisotopic (exact) mass is 241 g/mol. The van der Waals surface area contributed by atoms with E-state index in [1.807, 2.05) is 12.1 Å². The maximum absolute atomic E-state index is 12.6. The van der Waals surface area contributed by atoms with Crippen molar-refractivity contribution in [3.05, 3.63) is 30.1 Å². The molecule has 5 atom stereocenters. The molecule has 1 heterocycles. The first-order valence-electron chi connectivity index (χ1n) is 7.21. The highest BCUT2D eigenvalue weighted by atomic mass is 16.1. The van der Waals surface area contributed by atoms with Gasteiger partial charge in [-0.25, -0.2) is 0 Å². The van der Waals surface area contributed by atoms with Crippen LogP contribution >= 0.6 is 0 Å². The number of fused-ring (bicyclic) bond motifs is 5. The van der Waals surface area contributed by atoms with E-state index in [4.69, 9.17) is 0 Å². The minimum atomic E-state index is 0.0583. The van der Waals surface area contributed by atoms with E-state index in [9.17, 15) is 4.79 Å². The van der Waals surface area contributed by atoms with E-state index >= 15 is 0 Å². The van der Waals surface area contributed by atoms with Gasteiger partial charge in [0.25, 0.3) is 0 Å². The van der Waals surface area contributed by atoms with Crippen molar-refractivity contribution in [2.75, 3.05) is 0 Å². The standard InChI is InChI=1S/C16H19NO/c1-9(10-4-6-17-7-5-10)16(18)15-13-11-2-3-12(8-11)14(13)15/h4-7,9,11-15H,2-3,8H2,1H3. The Morgan fingerprint density at radius 3 is 2.44 bits per heavy atom. The molecule has 0 N–H and O–H groups in total. The van der Waals surface area contributed by atoms with Crippen LogP contribution in [0.3, 0.4) is 0 Å². The lowest BCUT2D eigenvalue weighted by Crippen LogP contribution is -2.16. The fraction of sp³-hybridized carbons (Fsp3) is 0.625. The first-order valence-corrected chi connectivity index (χ1v) is 7.21. The van der Waals surface area contributed by atoms with E-state index in [2.05, 4.69) is 11.9 Å². The number of carbonyl (C=O) groups is 1. The van der Waals surface area contributed by atoms with Gasteiger partial charge in [0.15, 0.2) is 0 Å². The summed E-state index contributed by atoms with van der Waals surface area (Å²) in [5, 5.41) is 0. The predicted molar refractivity (Wildman–Crippen MR) is 69.0 cm³/mol. The van der Waals surface area contributed by atoms with Crippen LogP contribution in [-0.2, 0) is 4.79 Å². The van der Waals surface area contributed by atoms with Gasteiger partial charge < -0.3 is 0 Å². The SMILES string of the molecule is CC(C(=O)C1C2C3CCC(C3)C12)c1ccncc1. The Balaban J connectivity index is 1.52. The van der Waals surface area contributed by atoms with Gasteiger partial charge in [0.2, 0.25) is 0 Å². The molecule has 0 radical (unpaired) electrons.